The highest BCUT2D eigenvalue weighted by atomic mass is 32.1. The van der Waals surface area contributed by atoms with Crippen LogP contribution >= 0.6 is 11.3 Å². The Morgan fingerprint density at radius 3 is 2.45 bits per heavy atom. The number of hydrogen-bond donors (Lipinski definition) is 1. The molecule has 0 aliphatic rings. The van der Waals surface area contributed by atoms with Crippen LogP contribution in [0.5, 0.6) is 23.0 Å². The molecule has 0 unspecified atom stereocenters. The van der Waals surface area contributed by atoms with Crippen LogP contribution in [0.4, 0.5) is 0 Å². The molecule has 0 aliphatic heterocycles. The maximum absolute atomic E-state index is 10.4. The lowest BCUT2D eigenvalue weighted by atomic mass is 10.1. The standard InChI is InChI=1S/C23H25N3O4S/c1-6-11-24-23-26(25-15(2)18-9-7-17(29-4)13-21(18)27)20(14-31-23)19-12-16(28-3)8-10-22(19)30-5/h6-10,12-14,27H,1,11H2,2-5H3. The van der Waals surface area contributed by atoms with Crippen LogP contribution < -0.4 is 19.0 Å². The summed E-state index contributed by atoms with van der Waals surface area (Å²) >= 11 is 1.45. The number of nitrogens with zero attached hydrogens (tertiary/aromatic N) is 3. The average Bonchev–Trinajstić information content (AvgIpc) is 3.18. The molecule has 0 fully saturated rings. The zero-order chi connectivity index (χ0) is 22.4. The molecule has 0 amide bonds. The van der Waals surface area contributed by atoms with Crippen LogP contribution in [0, 0.1) is 0 Å². The van der Waals surface area contributed by atoms with E-state index in [4.69, 9.17) is 19.3 Å². The molecule has 31 heavy (non-hydrogen) atoms. The zero-order valence-electron chi connectivity index (χ0n) is 18.0. The smallest absolute Gasteiger partial charge is 0.206 e. The van der Waals surface area contributed by atoms with Crippen molar-refractivity contribution in [1.82, 2.24) is 4.68 Å². The van der Waals surface area contributed by atoms with E-state index >= 15 is 0 Å². The molecule has 0 bridgehead atoms. The second kappa shape index (κ2) is 9.99. The van der Waals surface area contributed by atoms with E-state index in [1.807, 2.05) is 30.5 Å². The number of phenolic OH excluding ortho intramolecular Hbond substituents is 1. The molecule has 1 heterocycles. The molecule has 3 aromatic rings. The second-order valence-corrected chi connectivity index (χ2v) is 7.32. The van der Waals surface area contributed by atoms with Crippen LogP contribution in [0.25, 0.3) is 11.3 Å². The number of benzene rings is 2. The molecular weight excluding hydrogens is 414 g/mol. The Morgan fingerprint density at radius 2 is 1.81 bits per heavy atom. The van der Waals surface area contributed by atoms with Gasteiger partial charge in [0.25, 0.3) is 0 Å². The van der Waals surface area contributed by atoms with Gasteiger partial charge in [-0.05, 0) is 37.3 Å². The highest BCUT2D eigenvalue weighted by Gasteiger charge is 2.15. The van der Waals surface area contributed by atoms with Gasteiger partial charge in [-0.25, -0.2) is 4.68 Å². The lowest BCUT2D eigenvalue weighted by Gasteiger charge is -2.12. The van der Waals surface area contributed by atoms with Crippen molar-refractivity contribution in [3.8, 4) is 34.3 Å². The van der Waals surface area contributed by atoms with Gasteiger partial charge >= 0.3 is 0 Å². The maximum atomic E-state index is 10.4. The minimum Gasteiger partial charge on any atom is -0.507 e. The molecule has 0 saturated carbocycles. The Morgan fingerprint density at radius 1 is 1.10 bits per heavy atom. The van der Waals surface area contributed by atoms with Crippen molar-refractivity contribution in [2.45, 2.75) is 6.92 Å². The minimum atomic E-state index is 0.0847. The molecule has 8 heteroatoms. The van der Waals surface area contributed by atoms with Gasteiger partial charge in [0.05, 0.1) is 39.3 Å². The number of rotatable bonds is 8. The number of aromatic nitrogens is 1. The highest BCUT2D eigenvalue weighted by Crippen LogP contribution is 2.34. The topological polar surface area (TPSA) is 77.6 Å². The van der Waals surface area contributed by atoms with Gasteiger partial charge in [0.1, 0.15) is 23.0 Å². The molecule has 1 aromatic heterocycles. The molecule has 0 spiro atoms. The number of methoxy groups -OCH3 is 3. The predicted octanol–water partition coefficient (Wildman–Crippen LogP) is 4.31. The van der Waals surface area contributed by atoms with Gasteiger partial charge < -0.3 is 19.3 Å². The first-order chi connectivity index (χ1) is 15.0. The van der Waals surface area contributed by atoms with Crippen LogP contribution in [0.15, 0.2) is 64.5 Å². The predicted molar refractivity (Wildman–Crippen MR) is 124 cm³/mol. The molecule has 162 valence electrons. The summed E-state index contributed by atoms with van der Waals surface area (Å²) in [6, 6.07) is 10.7. The summed E-state index contributed by atoms with van der Waals surface area (Å²) in [5.74, 6) is 2.04. The Balaban J connectivity index is 2.21. The molecule has 0 saturated heterocycles. The quantitative estimate of drug-likeness (QED) is 0.419. The molecule has 1 N–H and O–H groups in total. The van der Waals surface area contributed by atoms with E-state index in [-0.39, 0.29) is 5.75 Å². The number of hydrogen-bond acceptors (Lipinski definition) is 7. The normalized spacial score (nSPS) is 12.0. The van der Waals surface area contributed by atoms with Crippen molar-refractivity contribution in [3.05, 3.63) is 64.8 Å². The van der Waals surface area contributed by atoms with Crippen molar-refractivity contribution in [1.29, 1.82) is 0 Å². The van der Waals surface area contributed by atoms with E-state index in [1.54, 1.807) is 50.3 Å². The highest BCUT2D eigenvalue weighted by molar-refractivity contribution is 7.07. The van der Waals surface area contributed by atoms with Gasteiger partial charge in [-0.15, -0.1) is 17.9 Å². The van der Waals surface area contributed by atoms with E-state index in [9.17, 15) is 5.11 Å². The monoisotopic (exact) mass is 439 g/mol. The maximum Gasteiger partial charge on any atom is 0.206 e. The largest absolute Gasteiger partial charge is 0.507 e. The second-order valence-electron chi connectivity index (χ2n) is 6.48. The summed E-state index contributed by atoms with van der Waals surface area (Å²) in [5, 5.41) is 17.2. The van der Waals surface area contributed by atoms with E-state index in [1.165, 1.54) is 11.3 Å². The molecular formula is C23H25N3O4S. The summed E-state index contributed by atoms with van der Waals surface area (Å²) in [6.45, 7) is 6.03. The third kappa shape index (κ3) is 4.80. The van der Waals surface area contributed by atoms with Gasteiger partial charge in [-0.3, -0.25) is 4.99 Å². The molecule has 3 rings (SSSR count). The van der Waals surface area contributed by atoms with E-state index in [2.05, 4.69) is 11.6 Å². The van der Waals surface area contributed by atoms with Crippen molar-refractivity contribution in [3.63, 3.8) is 0 Å². The molecule has 2 aromatic carbocycles. The third-order valence-electron chi connectivity index (χ3n) is 4.57. The average molecular weight is 440 g/mol. The first-order valence-corrected chi connectivity index (χ1v) is 10.4. The fourth-order valence-corrected chi connectivity index (χ4v) is 3.83. The van der Waals surface area contributed by atoms with Crippen LogP contribution in [-0.4, -0.2) is 43.4 Å². The Labute approximate surface area is 185 Å². The summed E-state index contributed by atoms with van der Waals surface area (Å²) in [6.07, 6.45) is 1.72. The molecule has 0 aliphatic carbocycles. The molecule has 0 radical (unpaired) electrons. The number of phenols is 1. The van der Waals surface area contributed by atoms with Crippen molar-refractivity contribution in [2.75, 3.05) is 27.9 Å². The van der Waals surface area contributed by atoms with E-state index in [0.717, 1.165) is 11.3 Å². The molecule has 0 atom stereocenters. The van der Waals surface area contributed by atoms with Crippen LogP contribution in [0.1, 0.15) is 12.5 Å². The Hall–Kier alpha value is -3.52. The van der Waals surface area contributed by atoms with Gasteiger partial charge in [-0.2, -0.15) is 5.10 Å². The number of thiazole rings is 1. The number of aromatic hydroxyl groups is 1. The Kier molecular flexibility index (Phi) is 7.15. The van der Waals surface area contributed by atoms with E-state index < -0.39 is 0 Å². The van der Waals surface area contributed by atoms with Crippen LogP contribution in [0.3, 0.4) is 0 Å². The van der Waals surface area contributed by atoms with Crippen molar-refractivity contribution >= 4 is 17.0 Å². The first kappa shape index (κ1) is 22.2. The fourth-order valence-electron chi connectivity index (χ4n) is 2.99. The minimum absolute atomic E-state index is 0.0847. The van der Waals surface area contributed by atoms with Crippen LogP contribution in [0.2, 0.25) is 0 Å². The van der Waals surface area contributed by atoms with Crippen molar-refractivity contribution in [2.24, 2.45) is 10.1 Å². The Bertz CT molecular complexity index is 1180. The summed E-state index contributed by atoms with van der Waals surface area (Å²) in [7, 11) is 4.79. The first-order valence-electron chi connectivity index (χ1n) is 9.49. The molecule has 7 nitrogen and oxygen atoms in total. The van der Waals surface area contributed by atoms with Gasteiger partial charge in [0.15, 0.2) is 0 Å². The van der Waals surface area contributed by atoms with E-state index in [0.29, 0.717) is 39.9 Å². The lowest BCUT2D eigenvalue weighted by molar-refractivity contribution is 0.404. The summed E-state index contributed by atoms with van der Waals surface area (Å²) < 4.78 is 17.9. The lowest BCUT2D eigenvalue weighted by Crippen LogP contribution is -2.15. The summed E-state index contributed by atoms with van der Waals surface area (Å²) in [4.78, 5) is 5.25. The van der Waals surface area contributed by atoms with Gasteiger partial charge in [0.2, 0.25) is 4.80 Å². The third-order valence-corrected chi connectivity index (χ3v) is 5.42. The van der Waals surface area contributed by atoms with Crippen molar-refractivity contribution < 1.29 is 19.3 Å². The van der Waals surface area contributed by atoms with Gasteiger partial charge in [-0.1, -0.05) is 6.08 Å². The van der Waals surface area contributed by atoms with Gasteiger partial charge in [0, 0.05) is 22.6 Å². The SMILES string of the molecule is C=CCN=c1scc(-c2cc(OC)ccc2OC)n1N=C(C)c1ccc(OC)cc1O. The van der Waals surface area contributed by atoms with Crippen LogP contribution in [-0.2, 0) is 0 Å². The number of ether oxygens (including phenoxy) is 3. The fraction of sp³-hybridized carbons (Fsp3) is 0.217. The summed E-state index contributed by atoms with van der Waals surface area (Å²) in [5.41, 5.74) is 2.81. The zero-order valence-corrected chi connectivity index (χ0v) is 18.8.